The third kappa shape index (κ3) is 4.49. The van der Waals surface area contributed by atoms with Crippen molar-refractivity contribution in [3.63, 3.8) is 0 Å². The van der Waals surface area contributed by atoms with Crippen LogP contribution in [0.3, 0.4) is 0 Å². The van der Waals surface area contributed by atoms with Gasteiger partial charge in [-0.1, -0.05) is 18.2 Å². The Kier molecular flexibility index (Phi) is 5.64. The van der Waals surface area contributed by atoms with Crippen molar-refractivity contribution >= 4 is 11.8 Å². The van der Waals surface area contributed by atoms with Crippen molar-refractivity contribution in [2.75, 3.05) is 26.2 Å². The van der Waals surface area contributed by atoms with Gasteiger partial charge < -0.3 is 15.3 Å². The summed E-state index contributed by atoms with van der Waals surface area (Å²) < 4.78 is 1.65. The quantitative estimate of drug-likeness (QED) is 0.772. The average molecular weight is 397 g/mol. The van der Waals surface area contributed by atoms with Crippen molar-refractivity contribution in [2.24, 2.45) is 7.05 Å². The molecule has 3 heterocycles. The SMILES string of the molecule is Cn1cc(CN2CCC(O)C2)c(C(=O)NC2CCN(C(=O)c3ccccc3)C2)n1. The molecule has 0 radical (unpaired) electrons. The Morgan fingerprint density at radius 3 is 2.69 bits per heavy atom. The third-order valence-electron chi connectivity index (χ3n) is 5.59. The summed E-state index contributed by atoms with van der Waals surface area (Å²) in [7, 11) is 1.80. The van der Waals surface area contributed by atoms with Crippen molar-refractivity contribution in [1.82, 2.24) is 24.9 Å². The van der Waals surface area contributed by atoms with Crippen molar-refractivity contribution in [1.29, 1.82) is 0 Å². The minimum atomic E-state index is -0.296. The summed E-state index contributed by atoms with van der Waals surface area (Å²) in [5.41, 5.74) is 1.94. The molecule has 2 saturated heterocycles. The lowest BCUT2D eigenvalue weighted by molar-refractivity contribution is 0.0782. The normalized spacial score (nSPS) is 22.2. The number of nitrogens with zero attached hydrogens (tertiary/aromatic N) is 4. The zero-order valence-corrected chi connectivity index (χ0v) is 16.6. The van der Waals surface area contributed by atoms with Crippen LogP contribution in [0.2, 0.25) is 0 Å². The fraction of sp³-hybridized carbons (Fsp3) is 0.476. The number of hydrogen-bond acceptors (Lipinski definition) is 5. The zero-order chi connectivity index (χ0) is 20.4. The van der Waals surface area contributed by atoms with E-state index in [0.717, 1.165) is 24.9 Å². The summed E-state index contributed by atoms with van der Waals surface area (Å²) in [5.74, 6) is -0.215. The molecular formula is C21H27N5O3. The first-order chi connectivity index (χ1) is 14.0. The maximum Gasteiger partial charge on any atom is 0.272 e. The van der Waals surface area contributed by atoms with Gasteiger partial charge in [-0.3, -0.25) is 19.2 Å². The topological polar surface area (TPSA) is 90.7 Å². The summed E-state index contributed by atoms with van der Waals surface area (Å²) in [6.07, 6.45) is 3.05. The number of nitrogens with one attached hydrogen (secondary N) is 1. The van der Waals surface area contributed by atoms with Crippen molar-refractivity contribution in [3.05, 3.63) is 53.3 Å². The average Bonchev–Trinajstić information content (AvgIpc) is 3.43. The highest BCUT2D eigenvalue weighted by atomic mass is 16.3. The molecule has 0 spiro atoms. The standard InChI is InChI=1S/C21H27N5O3/c1-24-11-16(12-25-9-8-18(27)14-25)19(23-24)20(28)22-17-7-10-26(13-17)21(29)15-5-3-2-4-6-15/h2-6,11,17-18,27H,7-10,12-14H2,1H3,(H,22,28). The molecule has 8 heteroatoms. The van der Waals surface area contributed by atoms with Gasteiger partial charge in [0.25, 0.3) is 11.8 Å². The Morgan fingerprint density at radius 1 is 1.17 bits per heavy atom. The molecule has 29 heavy (non-hydrogen) atoms. The van der Waals surface area contributed by atoms with Gasteiger partial charge in [-0.25, -0.2) is 0 Å². The number of carbonyl (C=O) groups excluding carboxylic acids is 2. The minimum Gasteiger partial charge on any atom is -0.392 e. The van der Waals surface area contributed by atoms with E-state index in [-0.39, 0.29) is 24.0 Å². The van der Waals surface area contributed by atoms with Crippen LogP contribution >= 0.6 is 0 Å². The van der Waals surface area contributed by atoms with Crippen molar-refractivity contribution < 1.29 is 14.7 Å². The second-order valence-electron chi connectivity index (χ2n) is 7.93. The van der Waals surface area contributed by atoms with Crippen molar-refractivity contribution in [3.8, 4) is 0 Å². The molecule has 2 atom stereocenters. The summed E-state index contributed by atoms with van der Waals surface area (Å²) in [6, 6.07) is 9.12. The smallest absolute Gasteiger partial charge is 0.272 e. The molecule has 2 aromatic rings. The molecule has 2 unspecified atom stereocenters. The summed E-state index contributed by atoms with van der Waals surface area (Å²) in [5, 5.41) is 17.1. The highest BCUT2D eigenvalue weighted by Crippen LogP contribution is 2.18. The number of β-amino-alcohol motifs (C(OH)–C–C–N with tert-alkyl or cyclic N) is 1. The molecule has 1 aromatic carbocycles. The van der Waals surface area contributed by atoms with Crippen LogP contribution < -0.4 is 5.32 Å². The fourth-order valence-electron chi connectivity index (χ4n) is 4.12. The predicted octanol–water partition coefficient (Wildman–Crippen LogP) is 0.631. The minimum absolute atomic E-state index is 0.00605. The molecule has 0 saturated carbocycles. The zero-order valence-electron chi connectivity index (χ0n) is 16.6. The van der Waals surface area contributed by atoms with Crippen molar-refractivity contribution in [2.45, 2.75) is 31.5 Å². The molecule has 2 N–H and O–H groups in total. The molecule has 1 aromatic heterocycles. The van der Waals surface area contributed by atoms with Crippen LogP contribution in [0.4, 0.5) is 0 Å². The van der Waals surface area contributed by atoms with Gasteiger partial charge in [0.05, 0.1) is 6.10 Å². The number of carbonyl (C=O) groups is 2. The first-order valence-corrected chi connectivity index (χ1v) is 10.1. The maximum absolute atomic E-state index is 12.9. The van der Waals surface area contributed by atoms with Crippen LogP contribution in [0.25, 0.3) is 0 Å². The van der Waals surface area contributed by atoms with Crippen LogP contribution in [0.15, 0.2) is 36.5 Å². The van der Waals surface area contributed by atoms with Crippen LogP contribution in [0.5, 0.6) is 0 Å². The molecule has 4 rings (SSSR count). The number of rotatable bonds is 5. The number of aliphatic hydroxyl groups excluding tert-OH is 1. The van der Waals surface area contributed by atoms with E-state index in [9.17, 15) is 14.7 Å². The first-order valence-electron chi connectivity index (χ1n) is 10.1. The Balaban J connectivity index is 1.37. The number of amides is 2. The predicted molar refractivity (Wildman–Crippen MR) is 107 cm³/mol. The number of aromatic nitrogens is 2. The van der Waals surface area contributed by atoms with Crippen LogP contribution in [0, 0.1) is 0 Å². The van der Waals surface area contributed by atoms with E-state index in [1.165, 1.54) is 0 Å². The van der Waals surface area contributed by atoms with E-state index in [1.54, 1.807) is 16.6 Å². The molecule has 2 aliphatic rings. The van der Waals surface area contributed by atoms with E-state index >= 15 is 0 Å². The summed E-state index contributed by atoms with van der Waals surface area (Å²) >= 11 is 0. The summed E-state index contributed by atoms with van der Waals surface area (Å²) in [4.78, 5) is 29.4. The molecule has 8 nitrogen and oxygen atoms in total. The fourth-order valence-corrected chi connectivity index (χ4v) is 4.12. The van der Waals surface area contributed by atoms with E-state index in [0.29, 0.717) is 37.4 Å². The van der Waals surface area contributed by atoms with Crippen LogP contribution in [-0.2, 0) is 13.6 Å². The van der Waals surface area contributed by atoms with Gasteiger partial charge in [0.2, 0.25) is 0 Å². The number of aryl methyl sites for hydroxylation is 1. The Bertz CT molecular complexity index is 882. The van der Waals surface area contributed by atoms with Gasteiger partial charge in [0, 0.05) is 63.1 Å². The molecule has 2 amide bonds. The Labute approximate surface area is 170 Å². The van der Waals surface area contributed by atoms with E-state index < -0.39 is 0 Å². The second kappa shape index (κ2) is 8.34. The Morgan fingerprint density at radius 2 is 1.97 bits per heavy atom. The lowest BCUT2D eigenvalue weighted by Gasteiger charge is -2.17. The van der Waals surface area contributed by atoms with Gasteiger partial charge in [-0.05, 0) is 25.0 Å². The first kappa shape index (κ1) is 19.6. The monoisotopic (exact) mass is 397 g/mol. The maximum atomic E-state index is 12.9. The third-order valence-corrected chi connectivity index (χ3v) is 5.59. The number of hydrogen-bond donors (Lipinski definition) is 2. The molecule has 2 aliphatic heterocycles. The van der Waals surface area contributed by atoms with Crippen LogP contribution in [0.1, 0.15) is 39.3 Å². The van der Waals surface area contributed by atoms with Gasteiger partial charge in [-0.15, -0.1) is 0 Å². The van der Waals surface area contributed by atoms with E-state index in [4.69, 9.17) is 0 Å². The molecule has 2 fully saturated rings. The van der Waals surface area contributed by atoms with E-state index in [2.05, 4.69) is 15.3 Å². The molecule has 0 aliphatic carbocycles. The molecule has 154 valence electrons. The number of likely N-dealkylation sites (tertiary alicyclic amines) is 2. The second-order valence-corrected chi connectivity index (χ2v) is 7.93. The van der Waals surface area contributed by atoms with Gasteiger partial charge in [0.15, 0.2) is 5.69 Å². The highest BCUT2D eigenvalue weighted by Gasteiger charge is 2.30. The molecule has 0 bridgehead atoms. The lowest BCUT2D eigenvalue weighted by Crippen LogP contribution is -2.39. The Hall–Kier alpha value is -2.71. The number of aliphatic hydroxyl groups is 1. The summed E-state index contributed by atoms with van der Waals surface area (Å²) in [6.45, 7) is 3.15. The highest BCUT2D eigenvalue weighted by molar-refractivity contribution is 5.95. The van der Waals surface area contributed by atoms with Gasteiger partial charge >= 0.3 is 0 Å². The van der Waals surface area contributed by atoms with Crippen LogP contribution in [-0.4, -0.2) is 74.8 Å². The van der Waals surface area contributed by atoms with Gasteiger partial charge in [0.1, 0.15) is 0 Å². The largest absolute Gasteiger partial charge is 0.392 e. The van der Waals surface area contributed by atoms with E-state index in [1.807, 2.05) is 36.5 Å². The van der Waals surface area contributed by atoms with Gasteiger partial charge in [-0.2, -0.15) is 5.10 Å². The molecular weight excluding hydrogens is 370 g/mol. The number of benzene rings is 1. The lowest BCUT2D eigenvalue weighted by atomic mass is 10.2.